The highest BCUT2D eigenvalue weighted by Crippen LogP contribution is 2.16. The van der Waals surface area contributed by atoms with Crippen molar-refractivity contribution in [1.82, 2.24) is 10.3 Å². The fraction of sp³-hybridized carbons (Fsp3) is 0.400. The van der Waals surface area contributed by atoms with Gasteiger partial charge < -0.3 is 25.9 Å². The number of aromatic nitrogens is 1. The van der Waals surface area contributed by atoms with Gasteiger partial charge in [0.25, 0.3) is 5.91 Å². The Morgan fingerprint density at radius 2 is 2.39 bits per heavy atom. The number of amides is 1. The van der Waals surface area contributed by atoms with Crippen molar-refractivity contribution in [3.05, 3.63) is 27.9 Å². The highest BCUT2D eigenvalue weighted by Gasteiger charge is 2.17. The summed E-state index contributed by atoms with van der Waals surface area (Å²) in [7, 11) is 1.52. The summed E-state index contributed by atoms with van der Waals surface area (Å²) in [6.07, 6.45) is 0.930. The zero-order valence-electron chi connectivity index (χ0n) is 10.0. The van der Waals surface area contributed by atoms with Crippen molar-refractivity contribution in [1.29, 1.82) is 0 Å². The van der Waals surface area contributed by atoms with Gasteiger partial charge in [0.1, 0.15) is 0 Å². The van der Waals surface area contributed by atoms with Gasteiger partial charge in [-0.2, -0.15) is 0 Å². The second kappa shape index (κ2) is 5.92. The van der Waals surface area contributed by atoms with Crippen molar-refractivity contribution >= 4 is 17.4 Å². The van der Waals surface area contributed by atoms with Crippen LogP contribution in [-0.4, -0.2) is 35.6 Å². The molecule has 8 heteroatoms. The number of anilines is 1. The van der Waals surface area contributed by atoms with E-state index >= 15 is 0 Å². The highest BCUT2D eigenvalue weighted by molar-refractivity contribution is 5.99. The van der Waals surface area contributed by atoms with Gasteiger partial charge in [-0.05, 0) is 16.8 Å². The lowest BCUT2D eigenvalue weighted by molar-refractivity contribution is -0.389. The normalized spacial score (nSPS) is 11.9. The van der Waals surface area contributed by atoms with Gasteiger partial charge in [0, 0.05) is 13.7 Å². The van der Waals surface area contributed by atoms with Crippen LogP contribution in [0.15, 0.2) is 12.3 Å². The minimum absolute atomic E-state index is 0.0278. The van der Waals surface area contributed by atoms with Gasteiger partial charge in [-0.15, -0.1) is 0 Å². The van der Waals surface area contributed by atoms with Gasteiger partial charge >= 0.3 is 5.82 Å². The van der Waals surface area contributed by atoms with Crippen molar-refractivity contribution in [3.63, 3.8) is 0 Å². The predicted molar refractivity (Wildman–Crippen MR) is 64.1 cm³/mol. The molecule has 98 valence electrons. The number of nitrogen functional groups attached to an aromatic ring is 1. The Balaban J connectivity index is 2.84. The first kappa shape index (κ1) is 13.8. The van der Waals surface area contributed by atoms with Crippen LogP contribution in [-0.2, 0) is 4.74 Å². The van der Waals surface area contributed by atoms with Crippen molar-refractivity contribution in [3.8, 4) is 0 Å². The first-order valence-electron chi connectivity index (χ1n) is 5.16. The summed E-state index contributed by atoms with van der Waals surface area (Å²) >= 11 is 0. The molecule has 0 saturated heterocycles. The Morgan fingerprint density at radius 3 is 2.94 bits per heavy atom. The van der Waals surface area contributed by atoms with E-state index in [4.69, 9.17) is 10.5 Å². The quantitative estimate of drug-likeness (QED) is 0.577. The van der Waals surface area contributed by atoms with Crippen LogP contribution in [0.1, 0.15) is 17.3 Å². The van der Waals surface area contributed by atoms with Gasteiger partial charge in [0.15, 0.2) is 6.20 Å². The second-order valence-electron chi connectivity index (χ2n) is 3.64. The van der Waals surface area contributed by atoms with Crippen molar-refractivity contribution < 1.29 is 14.5 Å². The number of nitrogens with zero attached hydrogens (tertiary/aromatic N) is 2. The molecule has 0 aromatic carbocycles. The molecule has 1 atom stereocenters. The lowest BCUT2D eigenvalue weighted by Gasteiger charge is -2.11. The van der Waals surface area contributed by atoms with E-state index < -0.39 is 16.6 Å². The molecular weight excluding hydrogens is 240 g/mol. The largest absolute Gasteiger partial charge is 0.395 e. The molecule has 0 fully saturated rings. The molecule has 0 aliphatic carbocycles. The monoisotopic (exact) mass is 254 g/mol. The lowest BCUT2D eigenvalue weighted by Crippen LogP contribution is -2.32. The Hall–Kier alpha value is -2.22. The lowest BCUT2D eigenvalue weighted by atomic mass is 10.2. The molecule has 1 rings (SSSR count). The average Bonchev–Trinajstić information content (AvgIpc) is 2.35. The summed E-state index contributed by atoms with van der Waals surface area (Å²) in [5, 5.41) is 13.1. The maximum Gasteiger partial charge on any atom is 0.364 e. The number of hydrogen-bond donors (Lipinski definition) is 2. The summed E-state index contributed by atoms with van der Waals surface area (Å²) in [6, 6.07) is 1.04. The molecule has 0 aliphatic heterocycles. The molecule has 1 aromatic heterocycles. The summed E-state index contributed by atoms with van der Waals surface area (Å²) in [6.45, 7) is 2.06. The van der Waals surface area contributed by atoms with E-state index in [9.17, 15) is 14.9 Å². The second-order valence-corrected chi connectivity index (χ2v) is 3.64. The maximum atomic E-state index is 11.8. The maximum absolute atomic E-state index is 11.8. The Labute approximate surface area is 103 Å². The average molecular weight is 254 g/mol. The smallest absolute Gasteiger partial charge is 0.364 e. The standard InChI is InChI=1S/C10H14N4O4/c1-6(18-2)4-13-10(15)7-3-9(14(16)17)12-5-8(7)11/h3,5-6H,4,11H2,1-2H3,(H,13,15). The third-order valence-electron chi connectivity index (χ3n) is 2.30. The number of nitrogens with one attached hydrogen (secondary N) is 1. The summed E-state index contributed by atoms with van der Waals surface area (Å²) in [5.74, 6) is -0.920. The molecule has 18 heavy (non-hydrogen) atoms. The molecule has 0 radical (unpaired) electrons. The number of rotatable bonds is 5. The molecule has 0 saturated carbocycles. The van der Waals surface area contributed by atoms with Crippen molar-refractivity contribution in [2.45, 2.75) is 13.0 Å². The molecule has 1 aromatic rings. The van der Waals surface area contributed by atoms with Crippen LogP contribution in [0.25, 0.3) is 0 Å². The number of hydrogen-bond acceptors (Lipinski definition) is 6. The van der Waals surface area contributed by atoms with E-state index in [1.165, 1.54) is 7.11 Å². The van der Waals surface area contributed by atoms with E-state index in [1.54, 1.807) is 6.92 Å². The minimum atomic E-state index is -0.687. The van der Waals surface area contributed by atoms with Crippen LogP contribution in [0, 0.1) is 10.1 Å². The summed E-state index contributed by atoms with van der Waals surface area (Å²) in [4.78, 5) is 25.1. The summed E-state index contributed by atoms with van der Waals surface area (Å²) < 4.78 is 4.96. The van der Waals surface area contributed by atoms with Crippen LogP contribution in [0.3, 0.4) is 0 Å². The molecule has 0 spiro atoms. The Kier molecular flexibility index (Phi) is 4.55. The topological polar surface area (TPSA) is 120 Å². The van der Waals surface area contributed by atoms with Gasteiger partial charge in [-0.25, -0.2) is 0 Å². The minimum Gasteiger partial charge on any atom is -0.395 e. The first-order chi connectivity index (χ1) is 8.45. The van der Waals surface area contributed by atoms with E-state index in [0.717, 1.165) is 12.3 Å². The molecule has 1 amide bonds. The van der Waals surface area contributed by atoms with Crippen LogP contribution in [0.4, 0.5) is 11.5 Å². The molecule has 0 bridgehead atoms. The molecule has 1 heterocycles. The third kappa shape index (κ3) is 3.39. The van der Waals surface area contributed by atoms with Crippen molar-refractivity contribution in [2.24, 2.45) is 0 Å². The molecule has 1 unspecified atom stereocenters. The zero-order valence-corrected chi connectivity index (χ0v) is 10.0. The number of pyridine rings is 1. The number of nitrogens with two attached hydrogens (primary N) is 1. The Bertz CT molecular complexity index is 463. The summed E-state index contributed by atoms with van der Waals surface area (Å²) in [5.41, 5.74) is 5.67. The highest BCUT2D eigenvalue weighted by atomic mass is 16.6. The zero-order chi connectivity index (χ0) is 13.7. The number of ether oxygens (including phenoxy) is 1. The number of nitro groups is 1. The van der Waals surface area contributed by atoms with Crippen LogP contribution in [0.5, 0.6) is 0 Å². The van der Waals surface area contributed by atoms with Gasteiger partial charge in [-0.1, -0.05) is 0 Å². The van der Waals surface area contributed by atoms with Crippen LogP contribution < -0.4 is 11.1 Å². The molecule has 0 aliphatic rings. The Morgan fingerprint density at radius 1 is 1.72 bits per heavy atom. The number of methoxy groups -OCH3 is 1. The van der Waals surface area contributed by atoms with Gasteiger partial charge in [-0.3, -0.25) is 4.79 Å². The van der Waals surface area contributed by atoms with Gasteiger partial charge in [0.05, 0.1) is 23.4 Å². The first-order valence-corrected chi connectivity index (χ1v) is 5.16. The van der Waals surface area contributed by atoms with Crippen LogP contribution in [0.2, 0.25) is 0 Å². The molecular formula is C10H14N4O4. The molecule has 8 nitrogen and oxygen atoms in total. The fourth-order valence-electron chi connectivity index (χ4n) is 1.17. The van der Waals surface area contributed by atoms with E-state index in [1.807, 2.05) is 0 Å². The number of carbonyl (C=O) groups excluding carboxylic acids is 1. The van der Waals surface area contributed by atoms with Gasteiger partial charge in [0.2, 0.25) is 0 Å². The third-order valence-corrected chi connectivity index (χ3v) is 2.30. The van der Waals surface area contributed by atoms with E-state index in [2.05, 4.69) is 10.3 Å². The van der Waals surface area contributed by atoms with Crippen molar-refractivity contribution in [2.75, 3.05) is 19.4 Å². The van der Waals surface area contributed by atoms with Crippen LogP contribution >= 0.6 is 0 Å². The van der Waals surface area contributed by atoms with E-state index in [-0.39, 0.29) is 23.9 Å². The fourth-order valence-corrected chi connectivity index (χ4v) is 1.17. The predicted octanol–water partition coefficient (Wildman–Crippen LogP) is 0.337. The van der Waals surface area contributed by atoms with E-state index in [0.29, 0.717) is 0 Å². The number of carbonyl (C=O) groups is 1. The molecule has 3 N–H and O–H groups in total. The SMILES string of the molecule is COC(C)CNC(=O)c1cc([N+](=O)[O-])ncc1N.